The van der Waals surface area contributed by atoms with E-state index in [1.54, 1.807) is 0 Å². The van der Waals surface area contributed by atoms with E-state index >= 15 is 0 Å². The average molecular weight is 396 g/mol. The second-order valence-electron chi connectivity index (χ2n) is 6.15. The molecule has 0 unspecified atom stereocenters. The zero-order chi connectivity index (χ0) is 19.9. The molecule has 0 heterocycles. The smallest absolute Gasteiger partial charge is 0.225 e. The number of hydrogen-bond donors (Lipinski definition) is 1. The highest BCUT2D eigenvalue weighted by molar-refractivity contribution is 7.88. The van der Waals surface area contributed by atoms with E-state index in [1.807, 2.05) is 30.3 Å². The van der Waals surface area contributed by atoms with Crippen LogP contribution in [-0.4, -0.2) is 38.0 Å². The van der Waals surface area contributed by atoms with Crippen molar-refractivity contribution in [1.29, 1.82) is 0 Å². The van der Waals surface area contributed by atoms with Crippen molar-refractivity contribution in [2.24, 2.45) is 0 Å². The van der Waals surface area contributed by atoms with Crippen molar-refractivity contribution in [1.82, 2.24) is 4.31 Å². The third-order valence-electron chi connectivity index (χ3n) is 4.00. The van der Waals surface area contributed by atoms with Gasteiger partial charge in [-0.05, 0) is 30.5 Å². The Kier molecular flexibility index (Phi) is 7.44. The lowest BCUT2D eigenvalue weighted by molar-refractivity contribution is -0.116. The van der Waals surface area contributed by atoms with Crippen molar-refractivity contribution in [3.63, 3.8) is 0 Å². The fraction of sp³-hybridized carbons (Fsp3) is 0.316. The minimum atomic E-state index is -3.50. The summed E-state index contributed by atoms with van der Waals surface area (Å²) in [5, 5.41) is 2.16. The van der Waals surface area contributed by atoms with E-state index in [4.69, 9.17) is 0 Å². The zero-order valence-electron chi connectivity index (χ0n) is 15.0. The van der Waals surface area contributed by atoms with Crippen molar-refractivity contribution in [2.75, 3.05) is 24.7 Å². The van der Waals surface area contributed by atoms with Crippen molar-refractivity contribution in [2.45, 2.75) is 19.3 Å². The number of anilines is 1. The summed E-state index contributed by atoms with van der Waals surface area (Å²) in [5.41, 5.74) is 0.566. The first-order chi connectivity index (χ1) is 12.8. The fourth-order valence-corrected chi connectivity index (χ4v) is 3.48. The van der Waals surface area contributed by atoms with E-state index in [9.17, 15) is 22.0 Å². The number of carbonyl (C=O) groups excluding carboxylic acids is 1. The Morgan fingerprint density at radius 2 is 1.63 bits per heavy atom. The second kappa shape index (κ2) is 9.57. The molecule has 0 saturated carbocycles. The fourth-order valence-electron chi connectivity index (χ4n) is 2.59. The number of aryl methyl sites for hydroxylation is 1. The number of carbonyl (C=O) groups is 1. The summed E-state index contributed by atoms with van der Waals surface area (Å²) in [6.07, 6.45) is 2.18. The van der Waals surface area contributed by atoms with Gasteiger partial charge < -0.3 is 5.32 Å². The molecule has 1 N–H and O–H groups in total. The molecule has 0 aliphatic rings. The zero-order valence-corrected chi connectivity index (χ0v) is 15.8. The van der Waals surface area contributed by atoms with Gasteiger partial charge in [-0.3, -0.25) is 4.79 Å². The highest BCUT2D eigenvalue weighted by Crippen LogP contribution is 2.18. The van der Waals surface area contributed by atoms with E-state index in [0.717, 1.165) is 24.0 Å². The third kappa shape index (κ3) is 6.73. The van der Waals surface area contributed by atoms with Crippen LogP contribution in [0.25, 0.3) is 0 Å². The van der Waals surface area contributed by atoms with Gasteiger partial charge in [-0.1, -0.05) is 36.4 Å². The van der Waals surface area contributed by atoms with Crippen LogP contribution in [0.1, 0.15) is 18.4 Å². The van der Waals surface area contributed by atoms with Crippen LogP contribution in [0.3, 0.4) is 0 Å². The number of nitrogens with one attached hydrogen (secondary N) is 1. The first-order valence-electron chi connectivity index (χ1n) is 8.50. The maximum absolute atomic E-state index is 13.6. The number of halogens is 2. The molecule has 0 fully saturated rings. The summed E-state index contributed by atoms with van der Waals surface area (Å²) < 4.78 is 52.2. The largest absolute Gasteiger partial charge is 0.321 e. The van der Waals surface area contributed by atoms with Gasteiger partial charge in [-0.25, -0.2) is 21.5 Å². The van der Waals surface area contributed by atoms with Crippen molar-refractivity contribution in [3.8, 4) is 0 Å². The predicted octanol–water partition coefficient (Wildman–Crippen LogP) is 3.19. The van der Waals surface area contributed by atoms with Crippen LogP contribution in [0, 0.1) is 11.6 Å². The van der Waals surface area contributed by atoms with E-state index in [2.05, 4.69) is 5.32 Å². The molecule has 146 valence electrons. The number of hydrogen-bond acceptors (Lipinski definition) is 3. The average Bonchev–Trinajstić information content (AvgIpc) is 2.61. The third-order valence-corrected chi connectivity index (χ3v) is 5.30. The molecular formula is C19H22F2N2O3S. The molecule has 0 aliphatic heterocycles. The Morgan fingerprint density at radius 1 is 1.00 bits per heavy atom. The monoisotopic (exact) mass is 396 g/mol. The van der Waals surface area contributed by atoms with Gasteiger partial charge >= 0.3 is 0 Å². The van der Waals surface area contributed by atoms with Gasteiger partial charge in [0.2, 0.25) is 15.9 Å². The van der Waals surface area contributed by atoms with Gasteiger partial charge in [0, 0.05) is 19.5 Å². The molecule has 2 aromatic carbocycles. The molecule has 0 bridgehead atoms. The highest BCUT2D eigenvalue weighted by Gasteiger charge is 2.18. The molecule has 2 rings (SSSR count). The Morgan fingerprint density at radius 3 is 2.22 bits per heavy atom. The minimum Gasteiger partial charge on any atom is -0.321 e. The Bertz CT molecular complexity index is 854. The van der Waals surface area contributed by atoms with Crippen LogP contribution in [0.2, 0.25) is 0 Å². The molecule has 5 nitrogen and oxygen atoms in total. The van der Waals surface area contributed by atoms with Crippen LogP contribution in [0.4, 0.5) is 14.5 Å². The molecule has 8 heteroatoms. The van der Waals surface area contributed by atoms with Gasteiger partial charge in [0.05, 0.1) is 6.26 Å². The van der Waals surface area contributed by atoms with E-state index in [0.29, 0.717) is 12.8 Å². The van der Waals surface area contributed by atoms with Gasteiger partial charge in [0.25, 0.3) is 0 Å². The second-order valence-corrected chi connectivity index (χ2v) is 8.13. The summed E-state index contributed by atoms with van der Waals surface area (Å²) >= 11 is 0. The summed E-state index contributed by atoms with van der Waals surface area (Å²) in [5.74, 6) is -2.42. The van der Waals surface area contributed by atoms with E-state index < -0.39 is 33.3 Å². The van der Waals surface area contributed by atoms with E-state index in [-0.39, 0.29) is 19.5 Å². The van der Waals surface area contributed by atoms with Crippen molar-refractivity contribution in [3.05, 3.63) is 65.7 Å². The van der Waals surface area contributed by atoms with Gasteiger partial charge in [-0.2, -0.15) is 0 Å². The Balaban J connectivity index is 1.89. The number of benzene rings is 2. The van der Waals surface area contributed by atoms with Gasteiger partial charge in [0.15, 0.2) is 0 Å². The SMILES string of the molecule is CS(=O)(=O)N(CCCc1ccccc1)CCC(=O)Nc1c(F)cccc1F. The molecule has 27 heavy (non-hydrogen) atoms. The topological polar surface area (TPSA) is 66.5 Å². The standard InChI is InChI=1S/C19H22F2N2O3S/c1-27(25,26)23(13-6-9-15-7-3-2-4-8-15)14-12-18(24)22-19-16(20)10-5-11-17(19)21/h2-5,7-8,10-11H,6,9,12-14H2,1H3,(H,22,24). The molecule has 0 spiro atoms. The molecule has 0 atom stereocenters. The summed E-state index contributed by atoms with van der Waals surface area (Å²) in [6, 6.07) is 12.9. The van der Waals surface area contributed by atoms with Crippen LogP contribution < -0.4 is 5.32 Å². The van der Waals surface area contributed by atoms with Gasteiger partial charge in [0.1, 0.15) is 17.3 Å². The normalized spacial score (nSPS) is 11.6. The number of nitrogens with zero attached hydrogens (tertiary/aromatic N) is 1. The van der Waals surface area contributed by atoms with Crippen LogP contribution in [0.15, 0.2) is 48.5 Å². The molecule has 0 radical (unpaired) electrons. The van der Waals surface area contributed by atoms with Crippen LogP contribution >= 0.6 is 0 Å². The number of sulfonamides is 1. The number of rotatable bonds is 9. The molecule has 1 amide bonds. The molecular weight excluding hydrogens is 374 g/mol. The van der Waals surface area contributed by atoms with E-state index in [1.165, 1.54) is 10.4 Å². The first-order valence-corrected chi connectivity index (χ1v) is 10.3. The van der Waals surface area contributed by atoms with Gasteiger partial charge in [-0.15, -0.1) is 0 Å². The van der Waals surface area contributed by atoms with Crippen LogP contribution in [-0.2, 0) is 21.2 Å². The lowest BCUT2D eigenvalue weighted by atomic mass is 10.1. The Labute approximate surface area is 158 Å². The summed E-state index contributed by atoms with van der Waals surface area (Å²) in [4.78, 5) is 12.0. The molecule has 0 aromatic heterocycles. The highest BCUT2D eigenvalue weighted by atomic mass is 32.2. The van der Waals surface area contributed by atoms with Crippen LogP contribution in [0.5, 0.6) is 0 Å². The molecule has 0 saturated heterocycles. The lowest BCUT2D eigenvalue weighted by Gasteiger charge is -2.19. The predicted molar refractivity (Wildman–Crippen MR) is 101 cm³/mol. The molecule has 2 aromatic rings. The first kappa shape index (κ1) is 21.0. The lowest BCUT2D eigenvalue weighted by Crippen LogP contribution is -2.34. The van der Waals surface area contributed by atoms with Crippen molar-refractivity contribution >= 4 is 21.6 Å². The Hall–Kier alpha value is -2.32. The number of para-hydroxylation sites is 1. The molecule has 0 aliphatic carbocycles. The maximum Gasteiger partial charge on any atom is 0.225 e. The van der Waals surface area contributed by atoms with Crippen molar-refractivity contribution < 1.29 is 22.0 Å². The summed E-state index contributed by atoms with van der Waals surface area (Å²) in [6.45, 7) is 0.199. The quantitative estimate of drug-likeness (QED) is 0.708. The summed E-state index contributed by atoms with van der Waals surface area (Å²) in [7, 11) is -3.50. The minimum absolute atomic E-state index is 0.0600. The number of amides is 1. The maximum atomic E-state index is 13.6.